The first-order valence-corrected chi connectivity index (χ1v) is 5.70. The molecule has 1 atom stereocenters. The van der Waals surface area contributed by atoms with E-state index in [0.717, 1.165) is 17.8 Å². The molecule has 2 heterocycles. The molecule has 1 saturated heterocycles. The van der Waals surface area contributed by atoms with Crippen LogP contribution in [0.4, 0.5) is 0 Å². The van der Waals surface area contributed by atoms with Crippen molar-refractivity contribution in [3.05, 3.63) is 23.4 Å². The van der Waals surface area contributed by atoms with E-state index in [0.29, 0.717) is 18.5 Å². The molecule has 4 nitrogen and oxygen atoms in total. The number of ether oxygens (including phenoxy) is 1. The summed E-state index contributed by atoms with van der Waals surface area (Å²) in [5.74, 6) is 0.667. The van der Waals surface area contributed by atoms with Gasteiger partial charge in [-0.1, -0.05) is 6.07 Å². The van der Waals surface area contributed by atoms with Crippen molar-refractivity contribution in [2.24, 2.45) is 5.73 Å². The van der Waals surface area contributed by atoms with Gasteiger partial charge in [-0.05, 0) is 32.5 Å². The second kappa shape index (κ2) is 4.80. The molecule has 0 aromatic carbocycles. The highest BCUT2D eigenvalue weighted by Gasteiger charge is 2.24. The fraction of sp³-hybridized carbons (Fsp3) is 0.583. The number of nitrogens with two attached hydrogens (primary N) is 1. The standard InChI is InChI=1S/C12H19N3O/c1-15-7-3-4-11(15)10-6-5-9(8-13)12(14-10)16-2/h5-6,11H,3-4,7-8,13H2,1-2H3. The van der Waals surface area contributed by atoms with Crippen LogP contribution in [0.2, 0.25) is 0 Å². The third-order valence-corrected chi connectivity index (χ3v) is 3.24. The topological polar surface area (TPSA) is 51.4 Å². The van der Waals surface area contributed by atoms with E-state index in [-0.39, 0.29) is 0 Å². The lowest BCUT2D eigenvalue weighted by atomic mass is 10.1. The monoisotopic (exact) mass is 221 g/mol. The van der Waals surface area contributed by atoms with Gasteiger partial charge in [0.25, 0.3) is 0 Å². The predicted molar refractivity (Wildman–Crippen MR) is 63.3 cm³/mol. The minimum atomic E-state index is 0.431. The molecule has 1 aromatic heterocycles. The normalized spacial score (nSPS) is 21.3. The van der Waals surface area contributed by atoms with Crippen LogP contribution < -0.4 is 10.5 Å². The van der Waals surface area contributed by atoms with Crippen LogP contribution in [0.1, 0.15) is 30.1 Å². The van der Waals surface area contributed by atoms with Crippen molar-refractivity contribution in [1.82, 2.24) is 9.88 Å². The summed E-state index contributed by atoms with van der Waals surface area (Å²) in [6, 6.07) is 4.52. The molecule has 1 aliphatic rings. The lowest BCUT2D eigenvalue weighted by Crippen LogP contribution is -2.19. The van der Waals surface area contributed by atoms with Crippen LogP contribution >= 0.6 is 0 Å². The number of likely N-dealkylation sites (tertiary alicyclic amines) is 1. The van der Waals surface area contributed by atoms with Crippen LogP contribution in [0.25, 0.3) is 0 Å². The Bertz CT molecular complexity index is 367. The molecule has 0 saturated carbocycles. The third-order valence-electron chi connectivity index (χ3n) is 3.24. The van der Waals surface area contributed by atoms with E-state index in [1.165, 1.54) is 12.8 Å². The van der Waals surface area contributed by atoms with Crippen LogP contribution in [-0.2, 0) is 6.54 Å². The van der Waals surface area contributed by atoms with Gasteiger partial charge >= 0.3 is 0 Å². The molecule has 0 spiro atoms. The number of nitrogens with zero attached hydrogens (tertiary/aromatic N) is 2. The molecule has 0 bridgehead atoms. The molecule has 0 radical (unpaired) electrons. The first-order valence-electron chi connectivity index (χ1n) is 5.70. The zero-order valence-corrected chi connectivity index (χ0v) is 9.94. The van der Waals surface area contributed by atoms with E-state index in [9.17, 15) is 0 Å². The molecule has 1 unspecified atom stereocenters. The van der Waals surface area contributed by atoms with Crippen molar-refractivity contribution in [3.8, 4) is 5.88 Å². The number of methoxy groups -OCH3 is 1. The number of hydrogen-bond acceptors (Lipinski definition) is 4. The Morgan fingerprint density at radius 1 is 1.56 bits per heavy atom. The van der Waals surface area contributed by atoms with Crippen molar-refractivity contribution in [3.63, 3.8) is 0 Å². The fourth-order valence-corrected chi connectivity index (χ4v) is 2.29. The van der Waals surface area contributed by atoms with Crippen LogP contribution in [0.3, 0.4) is 0 Å². The maximum Gasteiger partial charge on any atom is 0.217 e. The van der Waals surface area contributed by atoms with Gasteiger partial charge in [-0.15, -0.1) is 0 Å². The van der Waals surface area contributed by atoms with Crippen LogP contribution in [0.5, 0.6) is 5.88 Å². The molecule has 4 heteroatoms. The molecule has 1 aliphatic heterocycles. The van der Waals surface area contributed by atoms with Crippen LogP contribution in [-0.4, -0.2) is 30.6 Å². The summed E-state index contributed by atoms with van der Waals surface area (Å²) < 4.78 is 5.26. The van der Waals surface area contributed by atoms with E-state index in [1.807, 2.05) is 6.07 Å². The van der Waals surface area contributed by atoms with Crippen molar-refractivity contribution >= 4 is 0 Å². The van der Waals surface area contributed by atoms with E-state index >= 15 is 0 Å². The molecule has 2 N–H and O–H groups in total. The Morgan fingerprint density at radius 2 is 2.38 bits per heavy atom. The fourth-order valence-electron chi connectivity index (χ4n) is 2.29. The molecular weight excluding hydrogens is 202 g/mol. The van der Waals surface area contributed by atoms with E-state index < -0.39 is 0 Å². The average molecular weight is 221 g/mol. The lowest BCUT2D eigenvalue weighted by molar-refractivity contribution is 0.307. The summed E-state index contributed by atoms with van der Waals surface area (Å²) in [4.78, 5) is 6.89. The largest absolute Gasteiger partial charge is 0.481 e. The molecule has 2 rings (SSSR count). The second-order valence-electron chi connectivity index (χ2n) is 4.25. The zero-order valence-electron chi connectivity index (χ0n) is 9.94. The van der Waals surface area contributed by atoms with Gasteiger partial charge in [0, 0.05) is 12.1 Å². The minimum absolute atomic E-state index is 0.431. The second-order valence-corrected chi connectivity index (χ2v) is 4.25. The molecule has 0 aliphatic carbocycles. The van der Waals surface area contributed by atoms with Gasteiger partial charge in [-0.2, -0.15) is 0 Å². The number of aromatic nitrogens is 1. The summed E-state index contributed by atoms with van der Waals surface area (Å²) in [5.41, 5.74) is 7.68. The Morgan fingerprint density at radius 3 is 2.94 bits per heavy atom. The first kappa shape index (κ1) is 11.4. The number of hydrogen-bond donors (Lipinski definition) is 1. The van der Waals surface area contributed by atoms with Crippen molar-refractivity contribution < 1.29 is 4.74 Å². The number of pyridine rings is 1. The molecule has 1 fully saturated rings. The summed E-state index contributed by atoms with van der Waals surface area (Å²) in [6.07, 6.45) is 2.42. The molecule has 88 valence electrons. The Balaban J connectivity index is 2.28. The maximum absolute atomic E-state index is 5.63. The summed E-state index contributed by atoms with van der Waals surface area (Å²) in [5, 5.41) is 0. The number of rotatable bonds is 3. The lowest BCUT2D eigenvalue weighted by Gasteiger charge is -2.19. The van der Waals surface area contributed by atoms with Crippen LogP contribution in [0, 0.1) is 0 Å². The molecular formula is C12H19N3O. The van der Waals surface area contributed by atoms with Gasteiger partial charge in [0.05, 0.1) is 18.8 Å². The summed E-state index contributed by atoms with van der Waals surface area (Å²) in [7, 11) is 3.78. The van der Waals surface area contributed by atoms with Gasteiger partial charge in [0.15, 0.2) is 0 Å². The van der Waals surface area contributed by atoms with Gasteiger partial charge < -0.3 is 10.5 Å². The predicted octanol–water partition coefficient (Wildman–Crippen LogP) is 1.32. The first-order chi connectivity index (χ1) is 7.76. The van der Waals surface area contributed by atoms with Gasteiger partial charge in [-0.25, -0.2) is 4.98 Å². The Labute approximate surface area is 96.4 Å². The summed E-state index contributed by atoms with van der Waals surface area (Å²) >= 11 is 0. The maximum atomic E-state index is 5.63. The smallest absolute Gasteiger partial charge is 0.217 e. The zero-order chi connectivity index (χ0) is 11.5. The summed E-state index contributed by atoms with van der Waals surface area (Å²) in [6.45, 7) is 1.62. The SMILES string of the molecule is COc1nc(C2CCCN2C)ccc1CN. The van der Waals surface area contributed by atoms with E-state index in [1.54, 1.807) is 7.11 Å². The van der Waals surface area contributed by atoms with Gasteiger partial charge in [-0.3, -0.25) is 4.90 Å². The Hall–Kier alpha value is -1.13. The van der Waals surface area contributed by atoms with Gasteiger partial charge in [0.2, 0.25) is 5.88 Å². The van der Waals surface area contributed by atoms with Crippen molar-refractivity contribution in [1.29, 1.82) is 0 Å². The molecule has 1 aromatic rings. The van der Waals surface area contributed by atoms with Gasteiger partial charge in [0.1, 0.15) is 0 Å². The minimum Gasteiger partial charge on any atom is -0.481 e. The highest BCUT2D eigenvalue weighted by atomic mass is 16.5. The van der Waals surface area contributed by atoms with E-state index in [2.05, 4.69) is 23.0 Å². The molecule has 0 amide bonds. The van der Waals surface area contributed by atoms with Crippen molar-refractivity contribution in [2.45, 2.75) is 25.4 Å². The quantitative estimate of drug-likeness (QED) is 0.836. The highest BCUT2D eigenvalue weighted by molar-refractivity contribution is 5.29. The van der Waals surface area contributed by atoms with Crippen molar-refractivity contribution in [2.75, 3.05) is 20.7 Å². The van der Waals surface area contributed by atoms with E-state index in [4.69, 9.17) is 10.5 Å². The average Bonchev–Trinajstić information content (AvgIpc) is 2.74. The Kier molecular flexibility index (Phi) is 3.41. The molecule has 16 heavy (non-hydrogen) atoms. The third kappa shape index (κ3) is 2.03. The highest BCUT2D eigenvalue weighted by Crippen LogP contribution is 2.30. The van der Waals surface area contributed by atoms with Crippen LogP contribution in [0.15, 0.2) is 12.1 Å².